The Morgan fingerprint density at radius 2 is 1.80 bits per heavy atom. The van der Waals surface area contributed by atoms with Crippen molar-refractivity contribution in [2.75, 3.05) is 6.61 Å². The lowest BCUT2D eigenvalue weighted by molar-refractivity contribution is -0.139. The molecule has 1 unspecified atom stereocenters. The van der Waals surface area contributed by atoms with E-state index in [9.17, 15) is 9.90 Å². The van der Waals surface area contributed by atoms with Crippen molar-refractivity contribution in [2.45, 2.75) is 26.7 Å². The van der Waals surface area contributed by atoms with Crippen LogP contribution in [0.1, 0.15) is 31.4 Å². The molecule has 3 rings (SSSR count). The summed E-state index contributed by atoms with van der Waals surface area (Å²) < 4.78 is 5.21. The van der Waals surface area contributed by atoms with Crippen molar-refractivity contribution in [1.29, 1.82) is 0 Å². The van der Waals surface area contributed by atoms with Crippen LogP contribution in [0, 0.1) is 11.3 Å². The number of carboxylic acid groups (broad SMARTS) is 1. The van der Waals surface area contributed by atoms with Gasteiger partial charge >= 0.3 is 5.97 Å². The molecule has 158 valence electrons. The van der Waals surface area contributed by atoms with Gasteiger partial charge in [-0.15, -0.1) is 0 Å². The summed E-state index contributed by atoms with van der Waals surface area (Å²) in [5, 5.41) is 20.2. The van der Waals surface area contributed by atoms with E-state index in [1.165, 1.54) is 0 Å². The van der Waals surface area contributed by atoms with Gasteiger partial charge in [0, 0.05) is 15.6 Å². The number of rotatable bonds is 7. The van der Waals surface area contributed by atoms with E-state index in [0.717, 1.165) is 16.7 Å². The number of aliphatic hydroxyl groups is 1. The first-order chi connectivity index (χ1) is 14.2. The van der Waals surface area contributed by atoms with Gasteiger partial charge in [-0.05, 0) is 53.5 Å². The Morgan fingerprint density at radius 3 is 2.37 bits per heavy atom. The predicted molar refractivity (Wildman–Crippen MR) is 120 cm³/mol. The highest BCUT2D eigenvalue weighted by molar-refractivity contribution is 6.36. The van der Waals surface area contributed by atoms with Gasteiger partial charge < -0.3 is 14.9 Å². The maximum absolute atomic E-state index is 10.7. The first kappa shape index (κ1) is 22.3. The Bertz CT molecular complexity index is 973. The molecule has 6 heteroatoms. The van der Waals surface area contributed by atoms with Gasteiger partial charge in [0.1, 0.15) is 11.5 Å². The van der Waals surface area contributed by atoms with Gasteiger partial charge in [0.05, 0.1) is 0 Å². The molecule has 1 atom stereocenters. The van der Waals surface area contributed by atoms with Crippen LogP contribution >= 0.6 is 23.2 Å². The molecule has 2 aromatic rings. The van der Waals surface area contributed by atoms with Gasteiger partial charge in [0.15, 0.2) is 6.61 Å². The summed E-state index contributed by atoms with van der Waals surface area (Å²) in [7, 11) is 0. The average molecular weight is 447 g/mol. The van der Waals surface area contributed by atoms with Gasteiger partial charge in [-0.3, -0.25) is 0 Å². The zero-order chi connectivity index (χ0) is 21.9. The molecular weight excluding hydrogens is 423 g/mol. The van der Waals surface area contributed by atoms with E-state index in [4.69, 9.17) is 33.0 Å². The van der Waals surface area contributed by atoms with Crippen molar-refractivity contribution >= 4 is 34.7 Å². The number of carbonyl (C=O) groups is 1. The zero-order valence-corrected chi connectivity index (χ0v) is 18.4. The number of ether oxygens (including phenoxy) is 1. The molecule has 2 N–H and O–H groups in total. The van der Waals surface area contributed by atoms with Crippen LogP contribution in [-0.2, 0) is 11.2 Å². The molecule has 1 aliphatic rings. The number of allylic oxidation sites excluding steroid dienone is 3. The molecule has 2 aromatic carbocycles. The standard InChI is InChI=1S/C24H24Cl2O4/c1-15(2)24(9-8-22(27)18(12-24)16-6-4-3-5-7-16)13-19-20(25)10-17(11-21(19)26)30-14-23(28)29/h3-11,15,27H,12-14H2,1-2H3,(H,28,29). The van der Waals surface area contributed by atoms with E-state index in [0.29, 0.717) is 28.6 Å². The molecule has 0 heterocycles. The van der Waals surface area contributed by atoms with Crippen molar-refractivity contribution in [3.05, 3.63) is 81.5 Å². The minimum Gasteiger partial charge on any atom is -0.508 e. The lowest BCUT2D eigenvalue weighted by Crippen LogP contribution is -2.30. The first-order valence-electron chi connectivity index (χ1n) is 9.71. The smallest absolute Gasteiger partial charge is 0.341 e. The summed E-state index contributed by atoms with van der Waals surface area (Å²) in [6.45, 7) is 3.82. The second-order valence-corrected chi connectivity index (χ2v) is 8.67. The number of aliphatic hydroxyl groups excluding tert-OH is 1. The number of hydrogen-bond acceptors (Lipinski definition) is 3. The van der Waals surface area contributed by atoms with Crippen LogP contribution in [0.25, 0.3) is 5.57 Å². The lowest BCUT2D eigenvalue weighted by Gasteiger charge is -2.39. The van der Waals surface area contributed by atoms with E-state index >= 15 is 0 Å². The van der Waals surface area contributed by atoms with E-state index in [1.807, 2.05) is 36.4 Å². The first-order valence-corrected chi connectivity index (χ1v) is 10.5. The molecule has 1 aliphatic carbocycles. The average Bonchev–Trinajstić information content (AvgIpc) is 2.71. The van der Waals surface area contributed by atoms with Gasteiger partial charge in [-0.2, -0.15) is 0 Å². The fourth-order valence-electron chi connectivity index (χ4n) is 3.74. The Morgan fingerprint density at radius 1 is 1.17 bits per heavy atom. The second-order valence-electron chi connectivity index (χ2n) is 7.85. The minimum absolute atomic E-state index is 0.246. The highest BCUT2D eigenvalue weighted by Crippen LogP contribution is 2.48. The Hall–Kier alpha value is -2.43. The number of benzene rings is 2. The predicted octanol–water partition coefficient (Wildman–Crippen LogP) is 6.57. The monoisotopic (exact) mass is 446 g/mol. The normalized spacial score (nSPS) is 18.7. The highest BCUT2D eigenvalue weighted by atomic mass is 35.5. The lowest BCUT2D eigenvalue weighted by atomic mass is 9.66. The minimum atomic E-state index is -1.07. The van der Waals surface area contributed by atoms with Crippen LogP contribution in [0.2, 0.25) is 10.0 Å². The third-order valence-electron chi connectivity index (χ3n) is 5.64. The Kier molecular flexibility index (Phi) is 6.79. The molecule has 4 nitrogen and oxygen atoms in total. The molecular formula is C24H24Cl2O4. The molecule has 0 bridgehead atoms. The fraction of sp³-hybridized carbons (Fsp3) is 0.292. The fourth-order valence-corrected chi connectivity index (χ4v) is 4.34. The van der Waals surface area contributed by atoms with Crippen molar-refractivity contribution < 1.29 is 19.7 Å². The highest BCUT2D eigenvalue weighted by Gasteiger charge is 2.37. The van der Waals surface area contributed by atoms with Crippen molar-refractivity contribution in [3.8, 4) is 5.75 Å². The van der Waals surface area contributed by atoms with E-state index < -0.39 is 12.6 Å². The van der Waals surface area contributed by atoms with Crippen LogP contribution in [0.4, 0.5) is 0 Å². The summed E-state index contributed by atoms with van der Waals surface area (Å²) in [5.41, 5.74) is 2.35. The van der Waals surface area contributed by atoms with Crippen LogP contribution in [-0.4, -0.2) is 22.8 Å². The van der Waals surface area contributed by atoms with Crippen LogP contribution < -0.4 is 4.74 Å². The summed E-state index contributed by atoms with van der Waals surface area (Å²) in [5.74, 6) is -0.239. The Balaban J connectivity index is 1.93. The number of aliphatic carboxylic acids is 1. The number of hydrogen-bond donors (Lipinski definition) is 2. The summed E-state index contributed by atoms with van der Waals surface area (Å²) in [6.07, 6.45) is 5.02. The van der Waals surface area contributed by atoms with Crippen molar-refractivity contribution in [1.82, 2.24) is 0 Å². The topological polar surface area (TPSA) is 66.8 Å². The Labute approximate surface area is 186 Å². The largest absolute Gasteiger partial charge is 0.508 e. The molecule has 0 fully saturated rings. The molecule has 0 amide bonds. The number of carboxylic acids is 1. The van der Waals surface area contributed by atoms with Gasteiger partial charge in [-0.1, -0.05) is 73.5 Å². The summed E-state index contributed by atoms with van der Waals surface area (Å²) in [6, 6.07) is 13.0. The molecule has 0 aromatic heterocycles. The molecule has 0 spiro atoms. The van der Waals surface area contributed by atoms with Gasteiger partial charge in [0.25, 0.3) is 0 Å². The maximum atomic E-state index is 10.7. The SMILES string of the molecule is CC(C)C1(Cc2c(Cl)cc(OCC(=O)O)cc2Cl)C=CC(O)=C(c2ccccc2)C1. The van der Waals surface area contributed by atoms with Crippen LogP contribution in [0.5, 0.6) is 5.75 Å². The van der Waals surface area contributed by atoms with Gasteiger partial charge in [0.2, 0.25) is 0 Å². The second kappa shape index (κ2) is 9.15. The summed E-state index contributed by atoms with van der Waals surface area (Å²) >= 11 is 13.0. The van der Waals surface area contributed by atoms with Crippen molar-refractivity contribution in [3.63, 3.8) is 0 Å². The third kappa shape index (κ3) is 4.82. The zero-order valence-electron chi connectivity index (χ0n) is 16.9. The van der Waals surface area contributed by atoms with Gasteiger partial charge in [-0.25, -0.2) is 4.79 Å². The molecule has 30 heavy (non-hydrogen) atoms. The quantitative estimate of drug-likeness (QED) is 0.504. The van der Waals surface area contributed by atoms with Crippen LogP contribution in [0.3, 0.4) is 0 Å². The molecule has 0 saturated carbocycles. The van der Waals surface area contributed by atoms with E-state index in [1.54, 1.807) is 18.2 Å². The third-order valence-corrected chi connectivity index (χ3v) is 6.32. The van der Waals surface area contributed by atoms with E-state index in [-0.39, 0.29) is 17.1 Å². The molecule has 0 aliphatic heterocycles. The van der Waals surface area contributed by atoms with Crippen molar-refractivity contribution in [2.24, 2.45) is 11.3 Å². The van der Waals surface area contributed by atoms with Crippen LogP contribution in [0.15, 0.2) is 60.4 Å². The van der Waals surface area contributed by atoms with E-state index in [2.05, 4.69) is 13.8 Å². The molecule has 0 saturated heterocycles. The summed E-state index contributed by atoms with van der Waals surface area (Å²) in [4.78, 5) is 10.7. The maximum Gasteiger partial charge on any atom is 0.341 e. The number of halogens is 2. The molecule has 0 radical (unpaired) electrons.